The third-order valence-corrected chi connectivity index (χ3v) is 16.3. The van der Waals surface area contributed by atoms with Gasteiger partial charge in [0.2, 0.25) is 0 Å². The lowest BCUT2D eigenvalue weighted by Crippen LogP contribution is -2.28. The predicted molar refractivity (Wildman–Crippen MR) is 307 cm³/mol. The number of nitrogens with zero attached hydrogens (tertiary/aromatic N) is 2. The molecule has 12 aromatic rings. The van der Waals surface area contributed by atoms with Crippen LogP contribution in [0.2, 0.25) is 0 Å². The number of anilines is 6. The summed E-state index contributed by atoms with van der Waals surface area (Å²) in [5.41, 5.74) is 23.5. The van der Waals surface area contributed by atoms with E-state index in [0.29, 0.717) is 0 Å². The first-order valence-electron chi connectivity index (χ1n) is 25.8. The van der Waals surface area contributed by atoms with Gasteiger partial charge in [-0.3, -0.25) is 0 Å². The minimum atomic E-state index is -0.604. The van der Waals surface area contributed by atoms with Gasteiger partial charge in [-0.2, -0.15) is 0 Å². The van der Waals surface area contributed by atoms with Crippen molar-refractivity contribution in [1.29, 1.82) is 0 Å². The first-order chi connectivity index (χ1) is 36.8. The lowest BCUT2D eigenvalue weighted by Gasteiger charge is -2.35. The van der Waals surface area contributed by atoms with Crippen LogP contribution >= 0.6 is 0 Å². The third-order valence-electron chi connectivity index (χ3n) is 16.3. The van der Waals surface area contributed by atoms with Crippen molar-refractivity contribution in [1.82, 2.24) is 0 Å². The van der Waals surface area contributed by atoms with Crippen molar-refractivity contribution >= 4 is 44.9 Å². The van der Waals surface area contributed by atoms with Crippen molar-refractivity contribution in [3.05, 3.63) is 336 Å². The maximum absolute atomic E-state index is 2.52. The Labute approximate surface area is 432 Å². The highest BCUT2D eigenvalue weighted by molar-refractivity contribution is 6.11. The summed E-state index contributed by atoms with van der Waals surface area (Å²) >= 11 is 0. The fraction of sp³-hybridized carbons (Fsp3) is 0.0278. The summed E-state index contributed by atoms with van der Waals surface area (Å²) in [6.07, 6.45) is 0. The second kappa shape index (κ2) is 16.5. The molecule has 74 heavy (non-hydrogen) atoms. The van der Waals surface area contributed by atoms with E-state index in [0.717, 1.165) is 34.1 Å². The normalized spacial score (nSPS) is 14.9. The Hall–Kier alpha value is -9.50. The fourth-order valence-electron chi connectivity index (χ4n) is 13.5. The van der Waals surface area contributed by atoms with Crippen LogP contribution in [0.4, 0.5) is 34.1 Å². The van der Waals surface area contributed by atoms with Crippen molar-refractivity contribution < 1.29 is 0 Å². The van der Waals surface area contributed by atoms with E-state index in [2.05, 4.69) is 301 Å². The average molecular weight is 941 g/mol. The monoisotopic (exact) mass is 940 g/mol. The van der Waals surface area contributed by atoms with Gasteiger partial charge in [-0.25, -0.2) is 0 Å². The van der Waals surface area contributed by atoms with Gasteiger partial charge in [-0.05, 0) is 138 Å². The van der Waals surface area contributed by atoms with Crippen LogP contribution in [0, 0.1) is 0 Å². The van der Waals surface area contributed by atoms with E-state index in [-0.39, 0.29) is 0 Å². The van der Waals surface area contributed by atoms with E-state index in [4.69, 9.17) is 0 Å². The van der Waals surface area contributed by atoms with Crippen molar-refractivity contribution in [3.63, 3.8) is 0 Å². The van der Waals surface area contributed by atoms with Crippen LogP contribution < -0.4 is 9.80 Å². The molecule has 15 rings (SSSR count). The van der Waals surface area contributed by atoms with Gasteiger partial charge >= 0.3 is 0 Å². The highest BCUT2D eigenvalue weighted by atomic mass is 15.2. The molecule has 2 heteroatoms. The first-order valence-corrected chi connectivity index (χ1v) is 25.8. The van der Waals surface area contributed by atoms with E-state index in [1.165, 1.54) is 88.7 Å². The van der Waals surface area contributed by atoms with Gasteiger partial charge in [0.15, 0.2) is 0 Å². The molecular weight excluding hydrogens is 893 g/mol. The molecule has 0 bridgehead atoms. The molecule has 1 spiro atoms. The predicted octanol–water partition coefficient (Wildman–Crippen LogP) is 18.5. The summed E-state index contributed by atoms with van der Waals surface area (Å²) in [5.74, 6) is 0. The molecule has 1 unspecified atom stereocenters. The average Bonchev–Trinajstić information content (AvgIpc) is 4.07. The zero-order valence-corrected chi connectivity index (χ0v) is 40.6. The number of rotatable bonds is 8. The number of hydrogen-bond donors (Lipinski definition) is 0. The van der Waals surface area contributed by atoms with Crippen molar-refractivity contribution in [2.75, 3.05) is 9.80 Å². The Kier molecular flexibility index (Phi) is 9.43. The summed E-state index contributed by atoms with van der Waals surface area (Å²) in [4.78, 5) is 4.96. The van der Waals surface area contributed by atoms with Crippen LogP contribution in [0.1, 0.15) is 44.5 Å². The first kappa shape index (κ1) is 42.2. The highest BCUT2D eigenvalue weighted by Gasteiger charge is 2.54. The topological polar surface area (TPSA) is 6.48 Å². The summed E-state index contributed by atoms with van der Waals surface area (Å²) in [6.45, 7) is 0. The van der Waals surface area contributed by atoms with Gasteiger partial charge in [0, 0.05) is 33.7 Å². The van der Waals surface area contributed by atoms with Crippen LogP contribution in [0.3, 0.4) is 0 Å². The Morgan fingerprint density at radius 1 is 0.230 bits per heavy atom. The molecule has 12 aromatic carbocycles. The minimum Gasteiger partial charge on any atom is -0.310 e. The second-order valence-corrected chi connectivity index (χ2v) is 19.8. The summed E-state index contributed by atoms with van der Waals surface area (Å²) in [7, 11) is 0. The minimum absolute atomic E-state index is 0.545. The molecule has 0 aromatic heterocycles. The van der Waals surface area contributed by atoms with Crippen LogP contribution in [0.5, 0.6) is 0 Å². The molecule has 0 heterocycles. The zero-order chi connectivity index (χ0) is 48.8. The van der Waals surface area contributed by atoms with E-state index in [9.17, 15) is 0 Å². The molecule has 0 saturated heterocycles. The maximum atomic E-state index is 2.52. The molecule has 0 radical (unpaired) electrons. The van der Waals surface area contributed by atoms with Gasteiger partial charge in [-0.15, -0.1) is 0 Å². The van der Waals surface area contributed by atoms with Crippen LogP contribution in [0.15, 0.2) is 291 Å². The molecule has 0 saturated carbocycles. The van der Waals surface area contributed by atoms with Crippen molar-refractivity contribution in [2.24, 2.45) is 0 Å². The molecule has 0 amide bonds. The standard InChI is InChI=1S/C72H48N2/c1-6-25-49(26-7-1)71(50-27-8-2-9-28-50)62-40-21-18-35-55(62)57-46-45-54(47-66(57)71)74(53-33-14-5-15-34-53)68-48-61-56-36-19-22-41-63(56)72(70(61)59-38-17-16-37-58(59)68)64-42-23-20-39-60(64)69-65(72)43-24-44-67(69)73(51-29-10-3-11-30-51)52-31-12-4-13-32-52/h1-48H. The van der Waals surface area contributed by atoms with Gasteiger partial charge in [0.25, 0.3) is 0 Å². The quantitative estimate of drug-likeness (QED) is 0.150. The van der Waals surface area contributed by atoms with Crippen molar-refractivity contribution in [3.8, 4) is 33.4 Å². The largest absolute Gasteiger partial charge is 0.310 e. The van der Waals surface area contributed by atoms with E-state index < -0.39 is 10.8 Å². The summed E-state index contributed by atoms with van der Waals surface area (Å²) < 4.78 is 0. The van der Waals surface area contributed by atoms with Gasteiger partial charge in [-0.1, -0.05) is 231 Å². The molecular formula is C72H48N2. The number of fused-ring (bicyclic) bond motifs is 15. The third kappa shape index (κ3) is 5.82. The molecule has 3 aliphatic rings. The summed E-state index contributed by atoms with van der Waals surface area (Å²) in [5, 5.41) is 2.44. The van der Waals surface area contributed by atoms with Gasteiger partial charge < -0.3 is 9.80 Å². The van der Waals surface area contributed by atoms with E-state index >= 15 is 0 Å². The molecule has 346 valence electrons. The molecule has 3 aliphatic carbocycles. The van der Waals surface area contributed by atoms with Crippen LogP contribution in [-0.2, 0) is 10.8 Å². The van der Waals surface area contributed by atoms with Crippen molar-refractivity contribution in [2.45, 2.75) is 10.8 Å². The van der Waals surface area contributed by atoms with Crippen LogP contribution in [0.25, 0.3) is 44.2 Å². The number of benzene rings is 12. The zero-order valence-electron chi connectivity index (χ0n) is 40.6. The molecule has 0 fully saturated rings. The lowest BCUT2D eigenvalue weighted by atomic mass is 9.67. The number of para-hydroxylation sites is 3. The lowest BCUT2D eigenvalue weighted by molar-refractivity contribution is 0.768. The van der Waals surface area contributed by atoms with Crippen LogP contribution in [-0.4, -0.2) is 0 Å². The maximum Gasteiger partial charge on any atom is 0.0732 e. The fourth-order valence-corrected chi connectivity index (χ4v) is 13.5. The molecule has 0 aliphatic heterocycles. The Morgan fingerprint density at radius 3 is 1.23 bits per heavy atom. The SMILES string of the molecule is c1ccc(N(c2ccccc2)c2cccc3c2-c2ccccc2C32c3ccccc3-c3cc(N(c4ccccc4)c4ccc5c(c4)C(c4ccccc4)(c4ccccc4)c4ccccc4-5)c4ccccc4c32)cc1. The van der Waals surface area contributed by atoms with Gasteiger partial charge in [0.05, 0.1) is 22.2 Å². The molecule has 1 atom stereocenters. The molecule has 2 nitrogen and oxygen atoms in total. The van der Waals surface area contributed by atoms with Gasteiger partial charge in [0.1, 0.15) is 0 Å². The highest BCUT2D eigenvalue weighted by Crippen LogP contribution is 2.67. The summed E-state index contributed by atoms with van der Waals surface area (Å²) in [6, 6.07) is 108. The molecule has 0 N–H and O–H groups in total. The van der Waals surface area contributed by atoms with E-state index in [1.54, 1.807) is 0 Å². The Morgan fingerprint density at radius 2 is 0.649 bits per heavy atom. The van der Waals surface area contributed by atoms with E-state index in [1.807, 2.05) is 0 Å². The second-order valence-electron chi connectivity index (χ2n) is 19.8. The Balaban J connectivity index is 1.01. The number of hydrogen-bond acceptors (Lipinski definition) is 2. The smallest absolute Gasteiger partial charge is 0.0732 e. The Bertz CT molecular complexity index is 4050.